The summed E-state index contributed by atoms with van der Waals surface area (Å²) in [7, 11) is -2.32. The van der Waals surface area contributed by atoms with Crippen molar-refractivity contribution in [2.24, 2.45) is 5.92 Å². The molecule has 0 bridgehead atoms. The maximum absolute atomic E-state index is 13.5. The number of benzene rings is 1. The van der Waals surface area contributed by atoms with Gasteiger partial charge in [0.2, 0.25) is 10.0 Å². The molecule has 0 unspecified atom stereocenters. The molecule has 0 radical (unpaired) electrons. The van der Waals surface area contributed by atoms with Crippen molar-refractivity contribution in [3.8, 4) is 17.6 Å². The first-order chi connectivity index (χ1) is 16.5. The van der Waals surface area contributed by atoms with Crippen LogP contribution in [-0.4, -0.2) is 83.7 Å². The summed E-state index contributed by atoms with van der Waals surface area (Å²) < 4.78 is 34.5. The van der Waals surface area contributed by atoms with Crippen LogP contribution in [0, 0.1) is 17.8 Å². The van der Waals surface area contributed by atoms with Crippen LogP contribution >= 0.6 is 0 Å². The van der Waals surface area contributed by atoms with Crippen molar-refractivity contribution in [3.05, 3.63) is 53.9 Å². The van der Waals surface area contributed by atoms with Crippen molar-refractivity contribution in [3.63, 3.8) is 0 Å². The molecule has 2 aromatic rings. The maximum Gasteiger partial charge on any atom is 0.253 e. The zero-order valence-electron chi connectivity index (χ0n) is 20.2. The van der Waals surface area contributed by atoms with Gasteiger partial charge in [-0.25, -0.2) is 8.42 Å². The zero-order valence-corrected chi connectivity index (χ0v) is 21.1. The number of pyridine rings is 1. The third-order valence-electron chi connectivity index (χ3n) is 5.82. The number of likely N-dealkylation sites (N-methyl/N-ethyl adjacent to an activating group) is 1. The maximum atomic E-state index is 13.5. The van der Waals surface area contributed by atoms with Gasteiger partial charge in [0.15, 0.2) is 0 Å². The second-order valence-corrected chi connectivity index (χ2v) is 10.6. The highest BCUT2D eigenvalue weighted by atomic mass is 32.2. The van der Waals surface area contributed by atoms with Gasteiger partial charge < -0.3 is 19.8 Å². The SMILES string of the molecule is C[C@@H](O)C#Cc1ccc2c(c1)O[C@@H](CN(C)C(=O)c1ccncc1)[C@@H](C)CN([C@@H](C)CO)S2(=O)=O. The number of fused-ring (bicyclic) bond motifs is 1. The average Bonchev–Trinajstić information content (AvgIpc) is 2.84. The van der Waals surface area contributed by atoms with E-state index >= 15 is 0 Å². The molecule has 4 atom stereocenters. The number of hydrogen-bond donors (Lipinski definition) is 2. The number of sulfonamides is 1. The normalized spacial score (nSPS) is 21.2. The summed E-state index contributed by atoms with van der Waals surface area (Å²) in [5.41, 5.74) is 0.963. The monoisotopic (exact) mass is 501 g/mol. The number of hydrogen-bond acceptors (Lipinski definition) is 7. The quantitative estimate of drug-likeness (QED) is 0.594. The molecule has 0 fully saturated rings. The number of aliphatic hydroxyl groups is 2. The van der Waals surface area contributed by atoms with E-state index in [0.29, 0.717) is 11.1 Å². The number of nitrogens with zero attached hydrogens (tertiary/aromatic N) is 3. The molecule has 9 nitrogen and oxygen atoms in total. The van der Waals surface area contributed by atoms with E-state index in [1.165, 1.54) is 28.3 Å². The molecule has 0 aliphatic carbocycles. The number of aromatic nitrogens is 1. The van der Waals surface area contributed by atoms with Crippen LogP contribution in [0.15, 0.2) is 47.6 Å². The highest BCUT2D eigenvalue weighted by molar-refractivity contribution is 7.89. The van der Waals surface area contributed by atoms with Gasteiger partial charge in [-0.1, -0.05) is 18.8 Å². The van der Waals surface area contributed by atoms with Gasteiger partial charge in [0, 0.05) is 49.1 Å². The van der Waals surface area contributed by atoms with Crippen LogP contribution < -0.4 is 4.74 Å². The lowest BCUT2D eigenvalue weighted by Gasteiger charge is -2.37. The summed E-state index contributed by atoms with van der Waals surface area (Å²) in [5.74, 6) is 5.03. The Morgan fingerprint density at radius 1 is 1.29 bits per heavy atom. The first-order valence-corrected chi connectivity index (χ1v) is 12.8. The fraction of sp³-hybridized carbons (Fsp3) is 0.440. The number of carbonyl (C=O) groups excluding carboxylic acids is 1. The molecule has 2 N–H and O–H groups in total. The van der Waals surface area contributed by atoms with Gasteiger partial charge in [-0.05, 0) is 44.2 Å². The van der Waals surface area contributed by atoms with Crippen molar-refractivity contribution < 1.29 is 28.2 Å². The minimum Gasteiger partial charge on any atom is -0.487 e. The van der Waals surface area contributed by atoms with Gasteiger partial charge in [0.05, 0.1) is 13.2 Å². The molecule has 2 heterocycles. The predicted octanol–water partition coefficient (Wildman–Crippen LogP) is 1.35. The first-order valence-electron chi connectivity index (χ1n) is 11.3. The van der Waals surface area contributed by atoms with E-state index in [1.807, 2.05) is 6.92 Å². The molecule has 1 aromatic heterocycles. The summed E-state index contributed by atoms with van der Waals surface area (Å²) in [5, 5.41) is 19.2. The van der Waals surface area contributed by atoms with E-state index in [4.69, 9.17) is 4.74 Å². The Balaban J connectivity index is 2.02. The average molecular weight is 502 g/mol. The highest BCUT2D eigenvalue weighted by Gasteiger charge is 2.38. The summed E-state index contributed by atoms with van der Waals surface area (Å²) in [4.78, 5) is 18.3. The summed E-state index contributed by atoms with van der Waals surface area (Å²) in [6.45, 7) is 4.99. The van der Waals surface area contributed by atoms with Gasteiger partial charge >= 0.3 is 0 Å². The molecule has 0 saturated heterocycles. The molecule has 10 heteroatoms. The minimum atomic E-state index is -3.98. The van der Waals surface area contributed by atoms with Crippen LogP contribution in [0.5, 0.6) is 5.75 Å². The molecular weight excluding hydrogens is 470 g/mol. The fourth-order valence-electron chi connectivity index (χ4n) is 3.78. The second-order valence-electron chi connectivity index (χ2n) is 8.77. The third kappa shape index (κ3) is 6.18. The van der Waals surface area contributed by atoms with Gasteiger partial charge in [0.25, 0.3) is 5.91 Å². The number of rotatable bonds is 5. The molecule has 3 rings (SSSR count). The van der Waals surface area contributed by atoms with Crippen molar-refractivity contribution in [1.29, 1.82) is 0 Å². The predicted molar refractivity (Wildman–Crippen MR) is 130 cm³/mol. The van der Waals surface area contributed by atoms with Crippen molar-refractivity contribution in [1.82, 2.24) is 14.2 Å². The summed E-state index contributed by atoms with van der Waals surface area (Å²) in [6, 6.07) is 7.10. The van der Waals surface area contributed by atoms with E-state index in [2.05, 4.69) is 16.8 Å². The third-order valence-corrected chi connectivity index (χ3v) is 7.84. The number of carbonyl (C=O) groups is 1. The van der Waals surface area contributed by atoms with E-state index in [1.54, 1.807) is 44.6 Å². The number of amides is 1. The Hall–Kier alpha value is -2.97. The van der Waals surface area contributed by atoms with Crippen molar-refractivity contribution in [2.75, 3.05) is 26.7 Å². The Morgan fingerprint density at radius 3 is 2.60 bits per heavy atom. The fourth-order valence-corrected chi connectivity index (χ4v) is 5.60. The van der Waals surface area contributed by atoms with Crippen LogP contribution in [0.2, 0.25) is 0 Å². The zero-order chi connectivity index (χ0) is 25.8. The van der Waals surface area contributed by atoms with E-state index in [9.17, 15) is 23.4 Å². The molecule has 0 saturated carbocycles. The summed E-state index contributed by atoms with van der Waals surface area (Å²) in [6.07, 6.45) is 1.69. The molecule has 1 aliphatic heterocycles. The lowest BCUT2D eigenvalue weighted by Crippen LogP contribution is -2.50. The Bertz CT molecular complexity index is 1210. The number of aliphatic hydroxyl groups excluding tert-OH is 2. The number of ether oxygens (including phenoxy) is 1. The molecule has 188 valence electrons. The van der Waals surface area contributed by atoms with Gasteiger partial charge in [0.1, 0.15) is 22.9 Å². The smallest absolute Gasteiger partial charge is 0.253 e. The van der Waals surface area contributed by atoms with Crippen molar-refractivity contribution >= 4 is 15.9 Å². The van der Waals surface area contributed by atoms with Crippen LogP contribution in [0.1, 0.15) is 36.7 Å². The molecule has 1 amide bonds. The summed E-state index contributed by atoms with van der Waals surface area (Å²) >= 11 is 0. The van der Waals surface area contributed by atoms with Gasteiger partial charge in [-0.2, -0.15) is 4.31 Å². The largest absolute Gasteiger partial charge is 0.487 e. The van der Waals surface area contributed by atoms with Crippen LogP contribution in [0.4, 0.5) is 0 Å². The molecule has 1 aromatic carbocycles. The van der Waals surface area contributed by atoms with Crippen LogP contribution in [0.3, 0.4) is 0 Å². The highest BCUT2D eigenvalue weighted by Crippen LogP contribution is 2.34. The molecule has 0 spiro atoms. The van der Waals surface area contributed by atoms with Crippen LogP contribution in [-0.2, 0) is 10.0 Å². The Labute approximate surface area is 206 Å². The lowest BCUT2D eigenvalue weighted by atomic mass is 10.0. The van der Waals surface area contributed by atoms with Gasteiger partial charge in [-0.3, -0.25) is 9.78 Å². The van der Waals surface area contributed by atoms with Crippen LogP contribution in [0.25, 0.3) is 0 Å². The standard InChI is InChI=1S/C25H31N3O6S/c1-17-14-28(18(2)16-29)35(32,33)24-8-7-20(6-5-19(3)30)13-22(24)34-23(17)15-27(4)25(31)21-9-11-26-12-10-21/h7-13,17-19,23,29-30H,14-16H2,1-4H3/t17-,18-,19+,23-/m0/s1. The Kier molecular flexibility index (Phi) is 8.51. The lowest BCUT2D eigenvalue weighted by molar-refractivity contribution is 0.0563. The molecule has 1 aliphatic rings. The molecular formula is C25H31N3O6S. The molecule has 35 heavy (non-hydrogen) atoms. The van der Waals surface area contributed by atoms with Gasteiger partial charge in [-0.15, -0.1) is 0 Å². The van der Waals surface area contributed by atoms with E-state index in [0.717, 1.165) is 0 Å². The topological polar surface area (TPSA) is 120 Å². The first kappa shape index (κ1) is 26.6. The Morgan fingerprint density at radius 2 is 1.97 bits per heavy atom. The second kappa shape index (κ2) is 11.2. The minimum absolute atomic E-state index is 0.0413. The van der Waals surface area contributed by atoms with Crippen molar-refractivity contribution in [2.45, 2.75) is 43.9 Å². The van der Waals surface area contributed by atoms with E-state index < -0.39 is 28.3 Å². The van der Waals surface area contributed by atoms with E-state index in [-0.39, 0.29) is 42.2 Å².